The highest BCUT2D eigenvalue weighted by Gasteiger charge is 2.09. The smallest absolute Gasteiger partial charge is 0.0799 e. The standard InChI is InChI=1S/C11H10ClN3/c12-9-3-1-8(2-4-9)11(13)10-7-14-5-6-15-10/h1-7,11H,13H2/t11-/m1/s1. The van der Waals surface area contributed by atoms with Crippen LogP contribution < -0.4 is 5.73 Å². The van der Waals surface area contributed by atoms with Gasteiger partial charge in [0.2, 0.25) is 0 Å². The van der Waals surface area contributed by atoms with Crippen molar-refractivity contribution in [1.29, 1.82) is 0 Å². The fourth-order valence-corrected chi connectivity index (χ4v) is 1.44. The number of aromatic nitrogens is 2. The summed E-state index contributed by atoms with van der Waals surface area (Å²) in [4.78, 5) is 8.14. The van der Waals surface area contributed by atoms with Gasteiger partial charge in [0, 0.05) is 17.4 Å². The Hall–Kier alpha value is -1.45. The van der Waals surface area contributed by atoms with Gasteiger partial charge in [-0.3, -0.25) is 9.97 Å². The van der Waals surface area contributed by atoms with Crippen molar-refractivity contribution in [2.24, 2.45) is 5.73 Å². The largest absolute Gasteiger partial charge is 0.319 e. The lowest BCUT2D eigenvalue weighted by atomic mass is 10.1. The SMILES string of the molecule is N[C@H](c1ccc(Cl)cc1)c1cnccn1. The van der Waals surface area contributed by atoms with Crippen molar-refractivity contribution in [3.8, 4) is 0 Å². The first-order valence-electron chi connectivity index (χ1n) is 4.54. The Bertz CT molecular complexity index is 427. The van der Waals surface area contributed by atoms with Crippen LogP contribution in [0.4, 0.5) is 0 Å². The zero-order valence-corrected chi connectivity index (χ0v) is 8.72. The molecule has 2 aromatic rings. The molecule has 1 heterocycles. The van der Waals surface area contributed by atoms with E-state index in [1.54, 1.807) is 18.6 Å². The Morgan fingerprint density at radius 2 is 1.87 bits per heavy atom. The molecule has 1 aromatic carbocycles. The first-order valence-corrected chi connectivity index (χ1v) is 4.92. The van der Waals surface area contributed by atoms with Crippen molar-refractivity contribution in [3.05, 3.63) is 59.1 Å². The number of rotatable bonds is 2. The topological polar surface area (TPSA) is 51.8 Å². The van der Waals surface area contributed by atoms with Gasteiger partial charge in [-0.1, -0.05) is 23.7 Å². The minimum atomic E-state index is -0.254. The molecule has 0 fully saturated rings. The van der Waals surface area contributed by atoms with Crippen molar-refractivity contribution in [2.45, 2.75) is 6.04 Å². The minimum absolute atomic E-state index is 0.254. The molecule has 0 aliphatic rings. The van der Waals surface area contributed by atoms with Crippen molar-refractivity contribution in [2.75, 3.05) is 0 Å². The molecule has 0 bridgehead atoms. The molecule has 0 amide bonds. The van der Waals surface area contributed by atoms with E-state index in [9.17, 15) is 0 Å². The average molecular weight is 220 g/mol. The minimum Gasteiger partial charge on any atom is -0.319 e. The summed E-state index contributed by atoms with van der Waals surface area (Å²) in [5.74, 6) is 0. The van der Waals surface area contributed by atoms with E-state index in [-0.39, 0.29) is 6.04 Å². The van der Waals surface area contributed by atoms with Gasteiger partial charge in [-0.2, -0.15) is 0 Å². The highest BCUT2D eigenvalue weighted by Crippen LogP contribution is 2.18. The monoisotopic (exact) mass is 219 g/mol. The first-order chi connectivity index (χ1) is 7.27. The maximum atomic E-state index is 6.02. The molecular formula is C11H10ClN3. The molecule has 1 aromatic heterocycles. The lowest BCUT2D eigenvalue weighted by Crippen LogP contribution is -2.13. The number of nitrogens with two attached hydrogens (primary N) is 1. The Kier molecular flexibility index (Phi) is 2.94. The Balaban J connectivity index is 2.29. The quantitative estimate of drug-likeness (QED) is 0.842. The molecule has 0 aliphatic carbocycles. The molecule has 0 spiro atoms. The van der Waals surface area contributed by atoms with E-state index in [2.05, 4.69) is 9.97 Å². The summed E-state index contributed by atoms with van der Waals surface area (Å²) in [6.45, 7) is 0. The summed E-state index contributed by atoms with van der Waals surface area (Å²) in [6.07, 6.45) is 4.92. The Morgan fingerprint density at radius 3 is 2.47 bits per heavy atom. The highest BCUT2D eigenvalue weighted by molar-refractivity contribution is 6.30. The number of hydrogen-bond donors (Lipinski definition) is 1. The summed E-state index contributed by atoms with van der Waals surface area (Å²) in [7, 11) is 0. The average Bonchev–Trinajstić information content (AvgIpc) is 2.30. The highest BCUT2D eigenvalue weighted by atomic mass is 35.5. The van der Waals surface area contributed by atoms with Gasteiger partial charge < -0.3 is 5.73 Å². The van der Waals surface area contributed by atoms with Crippen LogP contribution in [0, 0.1) is 0 Å². The second-order valence-corrected chi connectivity index (χ2v) is 3.60. The normalized spacial score (nSPS) is 12.4. The molecule has 1 atom stereocenters. The van der Waals surface area contributed by atoms with E-state index < -0.39 is 0 Å². The van der Waals surface area contributed by atoms with Crippen molar-refractivity contribution < 1.29 is 0 Å². The molecule has 4 heteroatoms. The molecule has 0 radical (unpaired) electrons. The summed E-state index contributed by atoms with van der Waals surface area (Å²) >= 11 is 5.79. The third kappa shape index (κ3) is 2.32. The van der Waals surface area contributed by atoms with Gasteiger partial charge in [0.05, 0.1) is 17.9 Å². The van der Waals surface area contributed by atoms with E-state index in [0.29, 0.717) is 5.02 Å². The maximum absolute atomic E-state index is 6.02. The number of benzene rings is 1. The molecule has 2 N–H and O–H groups in total. The van der Waals surface area contributed by atoms with E-state index in [0.717, 1.165) is 11.3 Å². The summed E-state index contributed by atoms with van der Waals surface area (Å²) in [5.41, 5.74) is 7.74. The van der Waals surface area contributed by atoms with Crippen LogP contribution in [0.2, 0.25) is 5.02 Å². The van der Waals surface area contributed by atoms with Crippen LogP contribution in [0.1, 0.15) is 17.3 Å². The number of nitrogens with zero attached hydrogens (tertiary/aromatic N) is 2. The van der Waals surface area contributed by atoms with E-state index >= 15 is 0 Å². The Morgan fingerprint density at radius 1 is 1.13 bits per heavy atom. The second-order valence-electron chi connectivity index (χ2n) is 3.16. The van der Waals surface area contributed by atoms with Gasteiger partial charge in [0.1, 0.15) is 0 Å². The van der Waals surface area contributed by atoms with E-state index in [4.69, 9.17) is 17.3 Å². The predicted octanol–water partition coefficient (Wildman–Crippen LogP) is 2.18. The molecular weight excluding hydrogens is 210 g/mol. The van der Waals surface area contributed by atoms with Gasteiger partial charge in [-0.05, 0) is 17.7 Å². The van der Waals surface area contributed by atoms with Crippen LogP contribution in [0.5, 0.6) is 0 Å². The zero-order chi connectivity index (χ0) is 10.7. The van der Waals surface area contributed by atoms with Crippen molar-refractivity contribution in [1.82, 2.24) is 9.97 Å². The predicted molar refractivity (Wildman–Crippen MR) is 59.5 cm³/mol. The molecule has 0 unspecified atom stereocenters. The molecule has 0 saturated carbocycles. The molecule has 15 heavy (non-hydrogen) atoms. The third-order valence-electron chi connectivity index (χ3n) is 2.13. The van der Waals surface area contributed by atoms with Crippen LogP contribution >= 0.6 is 11.6 Å². The molecule has 76 valence electrons. The summed E-state index contributed by atoms with van der Waals surface area (Å²) in [6, 6.07) is 7.15. The lowest BCUT2D eigenvalue weighted by Gasteiger charge is -2.10. The first kappa shape index (κ1) is 10.1. The maximum Gasteiger partial charge on any atom is 0.0799 e. The van der Waals surface area contributed by atoms with E-state index in [1.807, 2.05) is 24.3 Å². The zero-order valence-electron chi connectivity index (χ0n) is 7.97. The summed E-state index contributed by atoms with van der Waals surface area (Å²) in [5, 5.41) is 0.699. The van der Waals surface area contributed by atoms with Crippen LogP contribution in [-0.2, 0) is 0 Å². The molecule has 2 rings (SSSR count). The summed E-state index contributed by atoms with van der Waals surface area (Å²) < 4.78 is 0. The van der Waals surface area contributed by atoms with Crippen molar-refractivity contribution >= 4 is 11.6 Å². The molecule has 0 aliphatic heterocycles. The number of halogens is 1. The Labute approximate surface area is 92.9 Å². The van der Waals surface area contributed by atoms with Crippen molar-refractivity contribution in [3.63, 3.8) is 0 Å². The van der Waals surface area contributed by atoms with Crippen LogP contribution in [0.15, 0.2) is 42.9 Å². The van der Waals surface area contributed by atoms with Gasteiger partial charge in [0.15, 0.2) is 0 Å². The van der Waals surface area contributed by atoms with Gasteiger partial charge in [-0.15, -0.1) is 0 Å². The van der Waals surface area contributed by atoms with E-state index in [1.165, 1.54) is 0 Å². The number of hydrogen-bond acceptors (Lipinski definition) is 3. The molecule has 0 saturated heterocycles. The fraction of sp³-hybridized carbons (Fsp3) is 0.0909. The van der Waals surface area contributed by atoms with Crippen LogP contribution in [0.3, 0.4) is 0 Å². The van der Waals surface area contributed by atoms with Crippen LogP contribution in [0.25, 0.3) is 0 Å². The lowest BCUT2D eigenvalue weighted by molar-refractivity contribution is 0.818. The molecule has 3 nitrogen and oxygen atoms in total. The van der Waals surface area contributed by atoms with Crippen LogP contribution in [-0.4, -0.2) is 9.97 Å². The van der Waals surface area contributed by atoms with Gasteiger partial charge >= 0.3 is 0 Å². The third-order valence-corrected chi connectivity index (χ3v) is 2.38. The second kappa shape index (κ2) is 4.38. The fourth-order valence-electron chi connectivity index (χ4n) is 1.31. The van der Waals surface area contributed by atoms with Gasteiger partial charge in [-0.25, -0.2) is 0 Å². The van der Waals surface area contributed by atoms with Gasteiger partial charge in [0.25, 0.3) is 0 Å².